The largest absolute Gasteiger partial charge is 0.382 e. The van der Waals surface area contributed by atoms with Crippen molar-refractivity contribution in [2.45, 2.75) is 12.5 Å². The number of hydrogen-bond acceptors (Lipinski definition) is 5. The molecule has 1 atom stereocenters. The second-order valence-electron chi connectivity index (χ2n) is 6.24. The number of rotatable bonds is 4. The van der Waals surface area contributed by atoms with Crippen LogP contribution >= 0.6 is 11.6 Å². The van der Waals surface area contributed by atoms with Crippen LogP contribution in [0.3, 0.4) is 0 Å². The lowest BCUT2D eigenvalue weighted by atomic mass is 10.0. The smallest absolute Gasteiger partial charge is 0.264 e. The molecule has 3 rings (SSSR count). The van der Waals surface area contributed by atoms with Gasteiger partial charge in [-0.25, -0.2) is 0 Å². The highest BCUT2D eigenvalue weighted by Gasteiger charge is 2.29. The van der Waals surface area contributed by atoms with Gasteiger partial charge >= 0.3 is 0 Å². The van der Waals surface area contributed by atoms with Gasteiger partial charge in [0.2, 0.25) is 12.0 Å². The first-order valence-corrected chi connectivity index (χ1v) is 8.63. The summed E-state index contributed by atoms with van der Waals surface area (Å²) in [6.45, 7) is 3.07. The van der Waals surface area contributed by atoms with Gasteiger partial charge in [0.25, 0.3) is 5.91 Å². The predicted octanol–water partition coefficient (Wildman–Crippen LogP) is 0.723. The SMILES string of the molecule is CN1CCN(C(=O)CNC(=O)[C@H]2CC(c3ccc(Cl)cc3)=NO2)CC1. The first-order valence-electron chi connectivity index (χ1n) is 8.25. The Bertz CT molecular complexity index is 669. The zero-order valence-corrected chi connectivity index (χ0v) is 14.8. The van der Waals surface area contributed by atoms with Crippen molar-refractivity contribution in [1.29, 1.82) is 0 Å². The van der Waals surface area contributed by atoms with Crippen molar-refractivity contribution in [3.8, 4) is 0 Å². The lowest BCUT2D eigenvalue weighted by Gasteiger charge is -2.32. The van der Waals surface area contributed by atoms with E-state index in [0.717, 1.165) is 18.7 Å². The summed E-state index contributed by atoms with van der Waals surface area (Å²) in [5.74, 6) is -0.395. The van der Waals surface area contributed by atoms with Crippen LogP contribution in [0.5, 0.6) is 0 Å². The lowest BCUT2D eigenvalue weighted by Crippen LogP contribution is -2.50. The van der Waals surface area contributed by atoms with E-state index in [0.29, 0.717) is 30.2 Å². The fourth-order valence-corrected chi connectivity index (χ4v) is 2.90. The van der Waals surface area contributed by atoms with E-state index in [1.54, 1.807) is 17.0 Å². The third kappa shape index (κ3) is 4.49. The zero-order valence-electron chi connectivity index (χ0n) is 14.1. The maximum absolute atomic E-state index is 12.2. The molecular weight excluding hydrogens is 344 g/mol. The van der Waals surface area contributed by atoms with Crippen molar-refractivity contribution in [1.82, 2.24) is 15.1 Å². The van der Waals surface area contributed by atoms with E-state index in [1.807, 2.05) is 19.2 Å². The first-order chi connectivity index (χ1) is 12.0. The molecule has 0 bridgehead atoms. The molecule has 0 saturated carbocycles. The number of hydrogen-bond donors (Lipinski definition) is 1. The number of benzene rings is 1. The molecule has 2 aliphatic rings. The van der Waals surface area contributed by atoms with Crippen molar-refractivity contribution in [2.75, 3.05) is 39.8 Å². The quantitative estimate of drug-likeness (QED) is 0.854. The number of halogens is 1. The molecule has 1 aromatic rings. The Morgan fingerprint density at radius 2 is 1.92 bits per heavy atom. The van der Waals surface area contributed by atoms with Crippen LogP contribution in [0, 0.1) is 0 Å². The summed E-state index contributed by atoms with van der Waals surface area (Å²) in [5, 5.41) is 7.26. The molecule has 0 aliphatic carbocycles. The van der Waals surface area contributed by atoms with Crippen molar-refractivity contribution in [2.24, 2.45) is 5.16 Å². The van der Waals surface area contributed by atoms with Crippen molar-refractivity contribution < 1.29 is 14.4 Å². The number of carbonyl (C=O) groups excluding carboxylic acids is 2. The molecule has 1 aromatic carbocycles. The summed E-state index contributed by atoms with van der Waals surface area (Å²) < 4.78 is 0. The Labute approximate surface area is 151 Å². The molecule has 0 unspecified atom stereocenters. The van der Waals surface area contributed by atoms with Gasteiger partial charge in [0.1, 0.15) is 0 Å². The van der Waals surface area contributed by atoms with Gasteiger partial charge in [-0.3, -0.25) is 9.59 Å². The summed E-state index contributed by atoms with van der Waals surface area (Å²) in [7, 11) is 2.03. The van der Waals surface area contributed by atoms with E-state index in [2.05, 4.69) is 15.4 Å². The Balaban J connectivity index is 1.45. The number of nitrogens with one attached hydrogen (secondary N) is 1. The highest BCUT2D eigenvalue weighted by atomic mass is 35.5. The molecule has 2 heterocycles. The molecular formula is C17H21ClN4O3. The predicted molar refractivity (Wildman–Crippen MR) is 94.6 cm³/mol. The number of piperazine rings is 1. The zero-order chi connectivity index (χ0) is 17.8. The number of nitrogens with zero attached hydrogens (tertiary/aromatic N) is 3. The fourth-order valence-electron chi connectivity index (χ4n) is 2.78. The van der Waals surface area contributed by atoms with E-state index < -0.39 is 6.10 Å². The monoisotopic (exact) mass is 364 g/mol. The third-order valence-electron chi connectivity index (χ3n) is 4.41. The van der Waals surface area contributed by atoms with Gasteiger partial charge in [0.05, 0.1) is 12.3 Å². The molecule has 8 heteroatoms. The summed E-state index contributed by atoms with van der Waals surface area (Å²) in [6, 6.07) is 7.20. The Hall–Kier alpha value is -2.12. The summed E-state index contributed by atoms with van der Waals surface area (Å²) in [5.41, 5.74) is 1.57. The van der Waals surface area contributed by atoms with E-state index in [4.69, 9.17) is 16.4 Å². The van der Waals surface area contributed by atoms with Crippen LogP contribution in [-0.4, -0.2) is 73.2 Å². The Morgan fingerprint density at radius 3 is 2.60 bits per heavy atom. The van der Waals surface area contributed by atoms with Gasteiger partial charge in [-0.05, 0) is 24.7 Å². The van der Waals surface area contributed by atoms with Gasteiger partial charge in [0.15, 0.2) is 0 Å². The minimum absolute atomic E-state index is 0.0152. The standard InChI is InChI=1S/C17H21ClN4O3/c1-21-6-8-22(9-7-21)16(23)11-19-17(24)15-10-14(20-25-15)12-2-4-13(18)5-3-12/h2-5,15H,6-11H2,1H3,(H,19,24)/t15-/m1/s1. The minimum atomic E-state index is -0.703. The van der Waals surface area contributed by atoms with Crippen molar-refractivity contribution in [3.05, 3.63) is 34.9 Å². The molecule has 2 aliphatic heterocycles. The first kappa shape index (κ1) is 17.7. The number of carbonyl (C=O) groups is 2. The highest BCUT2D eigenvalue weighted by molar-refractivity contribution is 6.30. The van der Waals surface area contributed by atoms with Crippen LogP contribution in [0.2, 0.25) is 5.02 Å². The van der Waals surface area contributed by atoms with Gasteiger partial charge in [-0.1, -0.05) is 28.9 Å². The van der Waals surface area contributed by atoms with E-state index in [1.165, 1.54) is 0 Å². The topological polar surface area (TPSA) is 74.2 Å². The number of likely N-dealkylation sites (N-methyl/N-ethyl adjacent to an activating group) is 1. The maximum Gasteiger partial charge on any atom is 0.264 e. The van der Waals surface area contributed by atoms with Gasteiger partial charge in [-0.2, -0.15) is 0 Å². The molecule has 25 heavy (non-hydrogen) atoms. The van der Waals surface area contributed by atoms with Crippen molar-refractivity contribution in [3.63, 3.8) is 0 Å². The Morgan fingerprint density at radius 1 is 1.24 bits per heavy atom. The van der Waals surface area contributed by atoms with Crippen molar-refractivity contribution >= 4 is 29.1 Å². The van der Waals surface area contributed by atoms with Gasteiger partial charge in [-0.15, -0.1) is 0 Å². The molecule has 1 N–H and O–H groups in total. The normalized spacial score (nSPS) is 20.8. The van der Waals surface area contributed by atoms with Crippen LogP contribution in [0.25, 0.3) is 0 Å². The van der Waals surface area contributed by atoms with Crippen LogP contribution in [0.1, 0.15) is 12.0 Å². The molecule has 0 spiro atoms. The summed E-state index contributed by atoms with van der Waals surface area (Å²) in [6.07, 6.45) is -0.332. The molecule has 1 saturated heterocycles. The lowest BCUT2D eigenvalue weighted by molar-refractivity contribution is -0.137. The average molecular weight is 365 g/mol. The van der Waals surface area contributed by atoms with Gasteiger partial charge in [0, 0.05) is 37.6 Å². The van der Waals surface area contributed by atoms with Crippen LogP contribution in [0.4, 0.5) is 0 Å². The summed E-state index contributed by atoms with van der Waals surface area (Å²) >= 11 is 5.87. The van der Waals surface area contributed by atoms with E-state index >= 15 is 0 Å². The molecule has 134 valence electrons. The van der Waals surface area contributed by atoms with Crippen LogP contribution < -0.4 is 5.32 Å². The van der Waals surface area contributed by atoms with Crippen LogP contribution in [0.15, 0.2) is 29.4 Å². The molecule has 1 fully saturated rings. The molecule has 0 aromatic heterocycles. The third-order valence-corrected chi connectivity index (χ3v) is 4.66. The second kappa shape index (κ2) is 7.84. The minimum Gasteiger partial charge on any atom is -0.382 e. The van der Waals surface area contributed by atoms with Gasteiger partial charge < -0.3 is 20.0 Å². The van der Waals surface area contributed by atoms with Crippen LogP contribution in [-0.2, 0) is 14.4 Å². The fraction of sp³-hybridized carbons (Fsp3) is 0.471. The molecule has 7 nitrogen and oxygen atoms in total. The number of amides is 2. The summed E-state index contributed by atoms with van der Waals surface area (Å²) in [4.78, 5) is 33.5. The number of oxime groups is 1. The highest BCUT2D eigenvalue weighted by Crippen LogP contribution is 2.18. The van der Waals surface area contributed by atoms with E-state index in [-0.39, 0.29) is 18.4 Å². The maximum atomic E-state index is 12.2. The molecule has 0 radical (unpaired) electrons. The average Bonchev–Trinajstić information content (AvgIpc) is 3.11. The second-order valence-corrected chi connectivity index (χ2v) is 6.68. The van der Waals surface area contributed by atoms with E-state index in [9.17, 15) is 9.59 Å². The Kier molecular flexibility index (Phi) is 5.55. The molecule has 2 amide bonds.